The summed E-state index contributed by atoms with van der Waals surface area (Å²) >= 11 is 9.31. The highest BCUT2D eigenvalue weighted by Crippen LogP contribution is 2.20. The summed E-state index contributed by atoms with van der Waals surface area (Å²) in [5.41, 5.74) is 1.38. The highest BCUT2D eigenvalue weighted by Gasteiger charge is 2.21. The van der Waals surface area contributed by atoms with Gasteiger partial charge in [-0.1, -0.05) is 28.1 Å². The summed E-state index contributed by atoms with van der Waals surface area (Å²) in [6.45, 7) is 3.40. The summed E-state index contributed by atoms with van der Waals surface area (Å²) in [5, 5.41) is 0. The van der Waals surface area contributed by atoms with Crippen LogP contribution in [-0.2, 0) is 6.54 Å². The normalized spacial score (nSPS) is 22.1. The average molecular weight is 289 g/mol. The Labute approximate surface area is 105 Å². The second-order valence-electron chi connectivity index (χ2n) is 4.17. The fourth-order valence-corrected chi connectivity index (χ4v) is 2.55. The predicted molar refractivity (Wildman–Crippen MR) is 68.2 cm³/mol. The molecule has 1 nitrogen and oxygen atoms in total. The Bertz CT molecular complexity index is 312. The van der Waals surface area contributed by atoms with Crippen molar-refractivity contribution in [1.82, 2.24) is 4.90 Å². The zero-order valence-electron chi connectivity index (χ0n) is 8.63. The van der Waals surface area contributed by atoms with E-state index in [-0.39, 0.29) is 0 Å². The third kappa shape index (κ3) is 3.20. The Morgan fingerprint density at radius 2 is 2.07 bits per heavy atom. The first-order valence-electron chi connectivity index (χ1n) is 5.30. The number of rotatable bonds is 3. The maximum atomic E-state index is 5.86. The first-order valence-corrected chi connectivity index (χ1v) is 6.63. The van der Waals surface area contributed by atoms with Crippen LogP contribution in [0.1, 0.15) is 12.0 Å². The number of benzene rings is 1. The number of halogens is 2. The molecule has 0 aromatic heterocycles. The molecule has 1 aliphatic rings. The minimum absolute atomic E-state index is 0.696. The second-order valence-corrected chi connectivity index (χ2v) is 5.39. The van der Waals surface area contributed by atoms with Crippen LogP contribution in [0.15, 0.2) is 28.7 Å². The average Bonchev–Trinajstić information content (AvgIpc) is 2.69. The van der Waals surface area contributed by atoms with Crippen molar-refractivity contribution in [2.24, 2.45) is 5.92 Å². The Hall–Kier alpha value is -0.0500. The lowest BCUT2D eigenvalue weighted by Crippen LogP contribution is -2.20. The SMILES string of the molecule is ClCC1CCN(Cc2ccc(Br)cc2)C1. The molecule has 1 fully saturated rings. The Kier molecular flexibility index (Phi) is 4.06. The molecule has 1 unspecified atom stereocenters. The van der Waals surface area contributed by atoms with Crippen molar-refractivity contribution < 1.29 is 0 Å². The van der Waals surface area contributed by atoms with E-state index in [0.29, 0.717) is 5.92 Å². The zero-order chi connectivity index (χ0) is 10.7. The number of likely N-dealkylation sites (tertiary alicyclic amines) is 1. The van der Waals surface area contributed by atoms with Gasteiger partial charge in [-0.05, 0) is 36.6 Å². The first-order chi connectivity index (χ1) is 7.28. The van der Waals surface area contributed by atoms with Crippen molar-refractivity contribution in [3.63, 3.8) is 0 Å². The van der Waals surface area contributed by atoms with Crippen LogP contribution >= 0.6 is 27.5 Å². The van der Waals surface area contributed by atoms with E-state index in [2.05, 4.69) is 45.1 Å². The standard InChI is InChI=1S/C12H15BrClN/c13-12-3-1-10(2-4-12)8-15-6-5-11(7-14)9-15/h1-4,11H,5-9H2. The Morgan fingerprint density at radius 3 is 2.67 bits per heavy atom. The summed E-state index contributed by atoms with van der Waals surface area (Å²) in [6.07, 6.45) is 1.25. The van der Waals surface area contributed by atoms with Gasteiger partial charge in [-0.2, -0.15) is 0 Å². The molecule has 0 N–H and O–H groups in total. The maximum Gasteiger partial charge on any atom is 0.0264 e. The number of hydrogen-bond donors (Lipinski definition) is 0. The molecule has 0 bridgehead atoms. The van der Waals surface area contributed by atoms with Crippen molar-refractivity contribution in [2.45, 2.75) is 13.0 Å². The fraction of sp³-hybridized carbons (Fsp3) is 0.500. The highest BCUT2D eigenvalue weighted by atomic mass is 79.9. The molecule has 1 atom stereocenters. The maximum absolute atomic E-state index is 5.86. The van der Waals surface area contributed by atoms with E-state index in [9.17, 15) is 0 Å². The fourth-order valence-electron chi connectivity index (χ4n) is 2.03. The molecule has 1 heterocycles. The molecule has 0 saturated carbocycles. The highest BCUT2D eigenvalue weighted by molar-refractivity contribution is 9.10. The van der Waals surface area contributed by atoms with Gasteiger partial charge in [0.15, 0.2) is 0 Å². The molecule has 15 heavy (non-hydrogen) atoms. The summed E-state index contributed by atoms with van der Waals surface area (Å²) in [4.78, 5) is 2.48. The topological polar surface area (TPSA) is 3.24 Å². The van der Waals surface area contributed by atoms with Gasteiger partial charge in [-0.15, -0.1) is 11.6 Å². The van der Waals surface area contributed by atoms with E-state index >= 15 is 0 Å². The molecule has 1 aromatic rings. The van der Waals surface area contributed by atoms with Gasteiger partial charge >= 0.3 is 0 Å². The minimum Gasteiger partial charge on any atom is -0.299 e. The molecular formula is C12H15BrClN. The molecule has 82 valence electrons. The molecule has 1 aliphatic heterocycles. The van der Waals surface area contributed by atoms with Crippen LogP contribution in [0.4, 0.5) is 0 Å². The van der Waals surface area contributed by atoms with Gasteiger partial charge in [0.25, 0.3) is 0 Å². The van der Waals surface area contributed by atoms with E-state index in [1.807, 2.05) is 0 Å². The summed E-state index contributed by atoms with van der Waals surface area (Å²) in [5.74, 6) is 1.50. The zero-order valence-corrected chi connectivity index (χ0v) is 11.0. The number of nitrogens with zero attached hydrogens (tertiary/aromatic N) is 1. The van der Waals surface area contributed by atoms with Gasteiger partial charge in [0, 0.05) is 23.4 Å². The van der Waals surface area contributed by atoms with Gasteiger partial charge in [-0.3, -0.25) is 4.90 Å². The quantitative estimate of drug-likeness (QED) is 0.769. The van der Waals surface area contributed by atoms with Crippen LogP contribution in [0.2, 0.25) is 0 Å². The molecule has 0 aliphatic carbocycles. The summed E-state index contributed by atoms with van der Waals surface area (Å²) < 4.78 is 1.14. The second kappa shape index (κ2) is 5.33. The lowest BCUT2D eigenvalue weighted by Gasteiger charge is -2.15. The molecular weight excluding hydrogens is 273 g/mol. The lowest BCUT2D eigenvalue weighted by atomic mass is 10.2. The monoisotopic (exact) mass is 287 g/mol. The molecule has 2 rings (SSSR count). The Morgan fingerprint density at radius 1 is 1.33 bits per heavy atom. The van der Waals surface area contributed by atoms with E-state index in [4.69, 9.17) is 11.6 Å². The molecule has 0 amide bonds. The molecule has 1 saturated heterocycles. The van der Waals surface area contributed by atoms with Crippen LogP contribution in [-0.4, -0.2) is 23.9 Å². The third-order valence-corrected chi connectivity index (χ3v) is 3.87. The van der Waals surface area contributed by atoms with Crippen LogP contribution in [0.25, 0.3) is 0 Å². The van der Waals surface area contributed by atoms with Gasteiger partial charge in [0.2, 0.25) is 0 Å². The number of alkyl halides is 1. The minimum atomic E-state index is 0.696. The molecule has 0 spiro atoms. The van der Waals surface area contributed by atoms with Gasteiger partial charge in [0.05, 0.1) is 0 Å². The van der Waals surface area contributed by atoms with Crippen molar-refractivity contribution in [1.29, 1.82) is 0 Å². The van der Waals surface area contributed by atoms with Crippen molar-refractivity contribution in [3.05, 3.63) is 34.3 Å². The molecule has 1 aromatic carbocycles. The van der Waals surface area contributed by atoms with Crippen molar-refractivity contribution >= 4 is 27.5 Å². The van der Waals surface area contributed by atoms with E-state index in [0.717, 1.165) is 23.4 Å². The first kappa shape index (κ1) is 11.4. The summed E-state index contributed by atoms with van der Waals surface area (Å²) in [7, 11) is 0. The van der Waals surface area contributed by atoms with E-state index in [1.54, 1.807) is 0 Å². The summed E-state index contributed by atoms with van der Waals surface area (Å²) in [6, 6.07) is 8.56. The van der Waals surface area contributed by atoms with Gasteiger partial charge in [0.1, 0.15) is 0 Å². The van der Waals surface area contributed by atoms with E-state index in [1.165, 1.54) is 18.5 Å². The smallest absolute Gasteiger partial charge is 0.0264 e. The van der Waals surface area contributed by atoms with Crippen LogP contribution in [0.3, 0.4) is 0 Å². The van der Waals surface area contributed by atoms with Crippen LogP contribution < -0.4 is 0 Å². The van der Waals surface area contributed by atoms with Crippen molar-refractivity contribution in [3.8, 4) is 0 Å². The largest absolute Gasteiger partial charge is 0.299 e. The van der Waals surface area contributed by atoms with Gasteiger partial charge in [-0.25, -0.2) is 0 Å². The van der Waals surface area contributed by atoms with Crippen LogP contribution in [0.5, 0.6) is 0 Å². The van der Waals surface area contributed by atoms with Crippen molar-refractivity contribution in [2.75, 3.05) is 19.0 Å². The van der Waals surface area contributed by atoms with Gasteiger partial charge < -0.3 is 0 Å². The lowest BCUT2D eigenvalue weighted by molar-refractivity contribution is 0.321. The van der Waals surface area contributed by atoms with Crippen LogP contribution in [0, 0.1) is 5.92 Å². The Balaban J connectivity index is 1.90. The predicted octanol–water partition coefficient (Wildman–Crippen LogP) is 3.51. The third-order valence-electron chi connectivity index (χ3n) is 2.91. The molecule has 3 heteroatoms. The van der Waals surface area contributed by atoms with E-state index < -0.39 is 0 Å². The number of hydrogen-bond acceptors (Lipinski definition) is 1. The molecule has 0 radical (unpaired) electrons.